The molecule has 4 nitrogen and oxygen atoms in total. The average Bonchev–Trinajstić information content (AvgIpc) is 2.93. The maximum atomic E-state index is 5.60. The van der Waals surface area contributed by atoms with Crippen molar-refractivity contribution in [2.24, 2.45) is 0 Å². The van der Waals surface area contributed by atoms with Gasteiger partial charge in [0.2, 0.25) is 0 Å². The second-order valence-corrected chi connectivity index (χ2v) is 4.93. The van der Waals surface area contributed by atoms with Crippen molar-refractivity contribution >= 4 is 0 Å². The van der Waals surface area contributed by atoms with Crippen molar-refractivity contribution in [2.75, 3.05) is 27.3 Å². The second-order valence-electron chi connectivity index (χ2n) is 4.93. The van der Waals surface area contributed by atoms with Gasteiger partial charge in [-0.25, -0.2) is 0 Å². The standard InChI is InChI=1S/C16H19NO3/c1-18-15-8-11-5-6-17-10-13(14-4-3-7-20-14)12(11)9-16(15)19-2/h3-4,7-9,13,17H,5-6,10H2,1-2H3. The van der Waals surface area contributed by atoms with Crippen molar-refractivity contribution in [3.63, 3.8) is 0 Å². The van der Waals surface area contributed by atoms with Crippen LogP contribution in [0.1, 0.15) is 22.8 Å². The topological polar surface area (TPSA) is 43.6 Å². The van der Waals surface area contributed by atoms with Gasteiger partial charge >= 0.3 is 0 Å². The van der Waals surface area contributed by atoms with E-state index < -0.39 is 0 Å². The van der Waals surface area contributed by atoms with Crippen LogP contribution in [0.15, 0.2) is 34.9 Å². The molecule has 1 atom stereocenters. The second kappa shape index (κ2) is 5.59. The largest absolute Gasteiger partial charge is 0.493 e. The molecular formula is C16H19NO3. The molecule has 0 saturated heterocycles. The molecule has 20 heavy (non-hydrogen) atoms. The van der Waals surface area contributed by atoms with Gasteiger partial charge in [0.25, 0.3) is 0 Å². The molecule has 0 aliphatic carbocycles. The zero-order valence-corrected chi connectivity index (χ0v) is 11.8. The number of methoxy groups -OCH3 is 2. The highest BCUT2D eigenvalue weighted by atomic mass is 16.5. The van der Waals surface area contributed by atoms with Crippen molar-refractivity contribution in [3.05, 3.63) is 47.4 Å². The Hall–Kier alpha value is -1.94. The van der Waals surface area contributed by atoms with E-state index in [9.17, 15) is 0 Å². The minimum atomic E-state index is 0.210. The van der Waals surface area contributed by atoms with E-state index in [1.807, 2.05) is 12.1 Å². The molecule has 1 aromatic carbocycles. The first-order valence-electron chi connectivity index (χ1n) is 6.82. The van der Waals surface area contributed by atoms with Crippen molar-refractivity contribution in [1.82, 2.24) is 5.32 Å². The molecule has 1 aliphatic rings. The number of hydrogen-bond donors (Lipinski definition) is 1. The first-order valence-corrected chi connectivity index (χ1v) is 6.82. The minimum Gasteiger partial charge on any atom is -0.493 e. The predicted molar refractivity (Wildman–Crippen MR) is 76.7 cm³/mol. The van der Waals surface area contributed by atoms with E-state index in [2.05, 4.69) is 17.4 Å². The lowest BCUT2D eigenvalue weighted by molar-refractivity contribution is 0.353. The van der Waals surface area contributed by atoms with Gasteiger partial charge in [-0.2, -0.15) is 0 Å². The molecule has 4 heteroatoms. The summed E-state index contributed by atoms with van der Waals surface area (Å²) < 4.78 is 16.4. The summed E-state index contributed by atoms with van der Waals surface area (Å²) in [4.78, 5) is 0. The number of ether oxygens (including phenoxy) is 2. The summed E-state index contributed by atoms with van der Waals surface area (Å²) in [6, 6.07) is 8.12. The zero-order chi connectivity index (χ0) is 13.9. The van der Waals surface area contributed by atoms with E-state index in [1.54, 1.807) is 20.5 Å². The molecule has 0 fully saturated rings. The molecule has 3 rings (SSSR count). The molecule has 106 valence electrons. The Bertz CT molecular complexity index is 578. The third kappa shape index (κ3) is 2.27. The summed E-state index contributed by atoms with van der Waals surface area (Å²) >= 11 is 0. The third-order valence-corrected chi connectivity index (χ3v) is 3.83. The molecule has 1 aromatic heterocycles. The molecule has 0 amide bonds. The first-order chi connectivity index (χ1) is 9.83. The number of benzene rings is 1. The number of furan rings is 1. The van der Waals surface area contributed by atoms with E-state index in [-0.39, 0.29) is 5.92 Å². The fourth-order valence-electron chi connectivity index (χ4n) is 2.80. The van der Waals surface area contributed by atoms with E-state index in [4.69, 9.17) is 13.9 Å². The van der Waals surface area contributed by atoms with Crippen LogP contribution in [-0.4, -0.2) is 27.3 Å². The molecule has 0 bridgehead atoms. The Morgan fingerprint density at radius 3 is 2.70 bits per heavy atom. The third-order valence-electron chi connectivity index (χ3n) is 3.83. The van der Waals surface area contributed by atoms with Crippen molar-refractivity contribution in [3.8, 4) is 11.5 Å². The minimum absolute atomic E-state index is 0.210. The van der Waals surface area contributed by atoms with E-state index >= 15 is 0 Å². The Labute approximate surface area is 118 Å². The summed E-state index contributed by atoms with van der Waals surface area (Å²) in [6.45, 7) is 1.83. The van der Waals surface area contributed by atoms with Crippen molar-refractivity contribution in [2.45, 2.75) is 12.3 Å². The highest BCUT2D eigenvalue weighted by molar-refractivity contribution is 5.50. The van der Waals surface area contributed by atoms with Crippen LogP contribution >= 0.6 is 0 Å². The van der Waals surface area contributed by atoms with Crippen LogP contribution in [0.2, 0.25) is 0 Å². The number of fused-ring (bicyclic) bond motifs is 1. The van der Waals surface area contributed by atoms with Gasteiger partial charge in [-0.1, -0.05) is 0 Å². The summed E-state index contributed by atoms with van der Waals surface area (Å²) in [5.41, 5.74) is 2.54. The van der Waals surface area contributed by atoms with Gasteiger partial charge in [0, 0.05) is 6.54 Å². The molecule has 1 unspecified atom stereocenters. The zero-order valence-electron chi connectivity index (χ0n) is 11.8. The summed E-state index contributed by atoms with van der Waals surface area (Å²) in [5, 5.41) is 3.47. The number of rotatable bonds is 3. The van der Waals surface area contributed by atoms with Gasteiger partial charge < -0.3 is 19.2 Å². The van der Waals surface area contributed by atoms with Crippen LogP contribution in [0.3, 0.4) is 0 Å². The molecule has 0 spiro atoms. The Balaban J connectivity index is 2.10. The number of nitrogens with one attached hydrogen (secondary N) is 1. The van der Waals surface area contributed by atoms with Gasteiger partial charge in [0.15, 0.2) is 11.5 Å². The monoisotopic (exact) mass is 273 g/mol. The predicted octanol–water partition coefficient (Wildman–Crippen LogP) is 2.57. The lowest BCUT2D eigenvalue weighted by Crippen LogP contribution is -2.20. The van der Waals surface area contributed by atoms with E-state index in [0.717, 1.165) is 36.8 Å². The van der Waals surface area contributed by atoms with Gasteiger partial charge in [-0.15, -0.1) is 0 Å². The van der Waals surface area contributed by atoms with Crippen LogP contribution < -0.4 is 14.8 Å². The Morgan fingerprint density at radius 1 is 1.20 bits per heavy atom. The van der Waals surface area contributed by atoms with Crippen LogP contribution in [0.25, 0.3) is 0 Å². The van der Waals surface area contributed by atoms with Crippen LogP contribution in [0, 0.1) is 0 Å². The fraction of sp³-hybridized carbons (Fsp3) is 0.375. The lowest BCUT2D eigenvalue weighted by Gasteiger charge is -2.18. The molecule has 2 aromatic rings. The van der Waals surface area contributed by atoms with Gasteiger partial charge in [-0.3, -0.25) is 0 Å². The normalized spacial score (nSPS) is 18.2. The molecular weight excluding hydrogens is 254 g/mol. The smallest absolute Gasteiger partial charge is 0.161 e. The fourth-order valence-corrected chi connectivity index (χ4v) is 2.80. The average molecular weight is 273 g/mol. The summed E-state index contributed by atoms with van der Waals surface area (Å²) in [6.07, 6.45) is 2.70. The SMILES string of the molecule is COc1cc2c(cc1OC)C(c1ccco1)CNCC2. The van der Waals surface area contributed by atoms with E-state index in [1.165, 1.54) is 11.1 Å². The Morgan fingerprint density at radius 2 is 2.00 bits per heavy atom. The van der Waals surface area contributed by atoms with Crippen LogP contribution in [0.4, 0.5) is 0 Å². The maximum Gasteiger partial charge on any atom is 0.161 e. The van der Waals surface area contributed by atoms with E-state index in [0.29, 0.717) is 0 Å². The summed E-state index contributed by atoms with van der Waals surface area (Å²) in [7, 11) is 3.34. The summed E-state index contributed by atoms with van der Waals surface area (Å²) in [5.74, 6) is 2.74. The molecule has 1 N–H and O–H groups in total. The van der Waals surface area contributed by atoms with Crippen molar-refractivity contribution in [1.29, 1.82) is 0 Å². The van der Waals surface area contributed by atoms with Crippen molar-refractivity contribution < 1.29 is 13.9 Å². The molecule has 2 heterocycles. The highest BCUT2D eigenvalue weighted by Crippen LogP contribution is 2.37. The van der Waals surface area contributed by atoms with Gasteiger partial charge in [0.05, 0.1) is 26.4 Å². The lowest BCUT2D eigenvalue weighted by atomic mass is 9.91. The van der Waals surface area contributed by atoms with Gasteiger partial charge in [-0.05, 0) is 48.4 Å². The first kappa shape index (κ1) is 13.1. The Kier molecular flexibility index (Phi) is 3.65. The van der Waals surface area contributed by atoms with Crippen LogP contribution in [-0.2, 0) is 6.42 Å². The molecule has 1 aliphatic heterocycles. The highest BCUT2D eigenvalue weighted by Gasteiger charge is 2.24. The molecule has 0 saturated carbocycles. The quantitative estimate of drug-likeness (QED) is 0.933. The maximum absolute atomic E-state index is 5.60. The van der Waals surface area contributed by atoms with Gasteiger partial charge in [0.1, 0.15) is 5.76 Å². The number of hydrogen-bond acceptors (Lipinski definition) is 4. The van der Waals surface area contributed by atoms with Crippen LogP contribution in [0.5, 0.6) is 11.5 Å². The molecule has 0 radical (unpaired) electrons.